The fourth-order valence-electron chi connectivity index (χ4n) is 1.88. The molecule has 0 spiro atoms. The van der Waals surface area contributed by atoms with Crippen molar-refractivity contribution in [3.63, 3.8) is 0 Å². The van der Waals surface area contributed by atoms with E-state index in [0.29, 0.717) is 24.2 Å². The Morgan fingerprint density at radius 1 is 1.19 bits per heavy atom. The van der Waals surface area contributed by atoms with Crippen molar-refractivity contribution in [3.05, 3.63) is 28.8 Å². The second kappa shape index (κ2) is 10.9. The predicted octanol–water partition coefficient (Wildman–Crippen LogP) is 4.28. The molecular weight excluding hydrogens is 286 g/mol. The van der Waals surface area contributed by atoms with Gasteiger partial charge >= 0.3 is 0 Å². The Kier molecular flexibility index (Phi) is 9.48. The molecule has 0 bridgehead atoms. The van der Waals surface area contributed by atoms with Crippen LogP contribution in [0.5, 0.6) is 5.75 Å². The number of nitrogens with one attached hydrogen (secondary N) is 1. The minimum absolute atomic E-state index is 0.530. The Hall–Kier alpha value is -0.770. The van der Waals surface area contributed by atoms with Crippen molar-refractivity contribution in [2.45, 2.75) is 40.2 Å². The number of rotatable bonds is 11. The van der Waals surface area contributed by atoms with Crippen molar-refractivity contribution in [1.82, 2.24) is 5.32 Å². The van der Waals surface area contributed by atoms with Crippen LogP contribution in [0.4, 0.5) is 0 Å². The molecule has 0 heterocycles. The van der Waals surface area contributed by atoms with Gasteiger partial charge in [-0.15, -0.1) is 0 Å². The van der Waals surface area contributed by atoms with Crippen molar-refractivity contribution in [3.8, 4) is 5.75 Å². The molecule has 1 rings (SSSR count). The Labute approximate surface area is 134 Å². The molecule has 4 heteroatoms. The van der Waals surface area contributed by atoms with E-state index in [0.717, 1.165) is 43.9 Å². The van der Waals surface area contributed by atoms with Crippen LogP contribution in [-0.2, 0) is 11.3 Å². The third-order valence-corrected chi connectivity index (χ3v) is 3.40. The topological polar surface area (TPSA) is 30.5 Å². The van der Waals surface area contributed by atoms with Crippen LogP contribution in [0.1, 0.15) is 39.2 Å². The second-order valence-electron chi connectivity index (χ2n) is 5.55. The summed E-state index contributed by atoms with van der Waals surface area (Å²) in [5.41, 5.74) is 1.10. The highest BCUT2D eigenvalue weighted by Gasteiger charge is 2.08. The maximum absolute atomic E-state index is 6.23. The lowest BCUT2D eigenvalue weighted by molar-refractivity contribution is 0.0923. The van der Waals surface area contributed by atoms with E-state index < -0.39 is 0 Å². The maximum atomic E-state index is 6.23. The zero-order chi connectivity index (χ0) is 15.5. The Bertz CT molecular complexity index is 396. The first-order valence-electron chi connectivity index (χ1n) is 7.83. The molecule has 0 fully saturated rings. The smallest absolute Gasteiger partial charge is 0.142 e. The van der Waals surface area contributed by atoms with Crippen molar-refractivity contribution in [2.75, 3.05) is 26.4 Å². The average molecular weight is 314 g/mol. The van der Waals surface area contributed by atoms with Crippen LogP contribution in [0, 0.1) is 5.92 Å². The molecule has 0 saturated carbocycles. The fraction of sp³-hybridized carbons (Fsp3) is 0.647. The van der Waals surface area contributed by atoms with Crippen molar-refractivity contribution < 1.29 is 9.47 Å². The standard InChI is InChI=1S/C17H28ClNO2/c1-4-9-19-13-15-6-5-7-16(18)17(15)21-12-11-20-10-8-14(2)3/h5-7,14,19H,4,8-13H2,1-3H3. The largest absolute Gasteiger partial charge is 0.489 e. The first-order chi connectivity index (χ1) is 10.1. The zero-order valence-electron chi connectivity index (χ0n) is 13.5. The number of hydrogen-bond acceptors (Lipinski definition) is 3. The van der Waals surface area contributed by atoms with E-state index in [1.165, 1.54) is 0 Å². The summed E-state index contributed by atoms with van der Waals surface area (Å²) in [5.74, 6) is 1.45. The average Bonchev–Trinajstić information content (AvgIpc) is 2.44. The molecule has 120 valence electrons. The van der Waals surface area contributed by atoms with Gasteiger partial charge in [0.2, 0.25) is 0 Å². The predicted molar refractivity (Wildman–Crippen MR) is 89.2 cm³/mol. The first-order valence-corrected chi connectivity index (χ1v) is 8.21. The molecule has 0 aliphatic heterocycles. The van der Waals surface area contributed by atoms with Crippen molar-refractivity contribution >= 4 is 11.6 Å². The molecule has 0 unspecified atom stereocenters. The third-order valence-electron chi connectivity index (χ3n) is 3.10. The summed E-state index contributed by atoms with van der Waals surface area (Å²) >= 11 is 6.23. The fourth-order valence-corrected chi connectivity index (χ4v) is 2.13. The van der Waals surface area contributed by atoms with Crippen LogP contribution in [0.15, 0.2) is 18.2 Å². The zero-order valence-corrected chi connectivity index (χ0v) is 14.2. The lowest BCUT2D eigenvalue weighted by Crippen LogP contribution is -2.16. The summed E-state index contributed by atoms with van der Waals surface area (Å²) in [6, 6.07) is 5.86. The second-order valence-corrected chi connectivity index (χ2v) is 5.96. The van der Waals surface area contributed by atoms with Gasteiger partial charge in [0.1, 0.15) is 12.4 Å². The molecule has 1 aromatic carbocycles. The van der Waals surface area contributed by atoms with Crippen LogP contribution < -0.4 is 10.1 Å². The molecule has 0 amide bonds. The van der Waals surface area contributed by atoms with E-state index in [4.69, 9.17) is 21.1 Å². The van der Waals surface area contributed by atoms with Crippen LogP contribution in [0.25, 0.3) is 0 Å². The maximum Gasteiger partial charge on any atom is 0.142 e. The molecule has 0 saturated heterocycles. The summed E-state index contributed by atoms with van der Waals surface area (Å²) in [7, 11) is 0. The number of benzene rings is 1. The van der Waals surface area contributed by atoms with Gasteiger partial charge in [-0.25, -0.2) is 0 Å². The molecular formula is C17H28ClNO2. The van der Waals surface area contributed by atoms with Crippen LogP contribution in [-0.4, -0.2) is 26.4 Å². The van der Waals surface area contributed by atoms with Gasteiger partial charge in [0, 0.05) is 18.7 Å². The van der Waals surface area contributed by atoms with E-state index in [9.17, 15) is 0 Å². The summed E-state index contributed by atoms with van der Waals surface area (Å²) in [6.45, 7) is 10.2. The highest BCUT2D eigenvalue weighted by atomic mass is 35.5. The SMILES string of the molecule is CCCNCc1cccc(Cl)c1OCCOCCC(C)C. The summed E-state index contributed by atoms with van der Waals surface area (Å²) in [5, 5.41) is 4.03. The van der Waals surface area contributed by atoms with Gasteiger partial charge in [0.15, 0.2) is 0 Å². The highest BCUT2D eigenvalue weighted by molar-refractivity contribution is 6.32. The van der Waals surface area contributed by atoms with Gasteiger partial charge in [-0.2, -0.15) is 0 Å². The highest BCUT2D eigenvalue weighted by Crippen LogP contribution is 2.28. The van der Waals surface area contributed by atoms with Gasteiger partial charge < -0.3 is 14.8 Å². The number of ether oxygens (including phenoxy) is 2. The number of para-hydroxylation sites is 1. The molecule has 1 N–H and O–H groups in total. The molecule has 0 radical (unpaired) electrons. The molecule has 21 heavy (non-hydrogen) atoms. The first kappa shape index (κ1) is 18.3. The quantitative estimate of drug-likeness (QED) is 0.618. The van der Waals surface area contributed by atoms with Crippen molar-refractivity contribution in [2.24, 2.45) is 5.92 Å². The lowest BCUT2D eigenvalue weighted by Gasteiger charge is -2.14. The molecule has 1 aromatic rings. The number of hydrogen-bond donors (Lipinski definition) is 1. The van der Waals surface area contributed by atoms with Gasteiger partial charge in [-0.05, 0) is 31.4 Å². The summed E-state index contributed by atoms with van der Waals surface area (Å²) in [4.78, 5) is 0. The normalized spacial score (nSPS) is 11.1. The minimum atomic E-state index is 0.530. The van der Waals surface area contributed by atoms with Gasteiger partial charge in [-0.3, -0.25) is 0 Å². The molecule has 0 aliphatic carbocycles. The molecule has 3 nitrogen and oxygen atoms in total. The van der Waals surface area contributed by atoms with E-state index in [2.05, 4.69) is 26.1 Å². The monoisotopic (exact) mass is 313 g/mol. The van der Waals surface area contributed by atoms with Crippen LogP contribution >= 0.6 is 11.6 Å². The van der Waals surface area contributed by atoms with Gasteiger partial charge in [0.05, 0.1) is 11.6 Å². The van der Waals surface area contributed by atoms with E-state index in [-0.39, 0.29) is 0 Å². The van der Waals surface area contributed by atoms with Crippen LogP contribution in [0.2, 0.25) is 5.02 Å². The summed E-state index contributed by atoms with van der Waals surface area (Å²) < 4.78 is 11.4. The molecule has 0 aliphatic rings. The number of halogens is 1. The Morgan fingerprint density at radius 2 is 2.00 bits per heavy atom. The van der Waals surface area contributed by atoms with Crippen LogP contribution in [0.3, 0.4) is 0 Å². The van der Waals surface area contributed by atoms with E-state index >= 15 is 0 Å². The van der Waals surface area contributed by atoms with Crippen molar-refractivity contribution in [1.29, 1.82) is 0 Å². The van der Waals surface area contributed by atoms with E-state index in [1.54, 1.807) is 0 Å². The summed E-state index contributed by atoms with van der Waals surface area (Å²) in [6.07, 6.45) is 2.19. The Morgan fingerprint density at radius 3 is 2.71 bits per heavy atom. The molecule has 0 aromatic heterocycles. The van der Waals surface area contributed by atoms with E-state index in [1.807, 2.05) is 18.2 Å². The Balaban J connectivity index is 2.38. The third kappa shape index (κ3) is 7.70. The molecule has 0 atom stereocenters. The van der Waals surface area contributed by atoms with Gasteiger partial charge in [0.25, 0.3) is 0 Å². The van der Waals surface area contributed by atoms with Gasteiger partial charge in [-0.1, -0.05) is 44.5 Å². The minimum Gasteiger partial charge on any atom is -0.489 e. The lowest BCUT2D eigenvalue weighted by atomic mass is 10.1.